The van der Waals surface area contributed by atoms with E-state index in [9.17, 15) is 17.6 Å². The molecule has 5 nitrogen and oxygen atoms in total. The van der Waals surface area contributed by atoms with Crippen LogP contribution in [0.3, 0.4) is 0 Å². The molecule has 1 amide bonds. The van der Waals surface area contributed by atoms with Crippen LogP contribution >= 0.6 is 11.6 Å². The van der Waals surface area contributed by atoms with Gasteiger partial charge in [0, 0.05) is 5.69 Å². The molecule has 3 aromatic rings. The van der Waals surface area contributed by atoms with Crippen LogP contribution in [0.25, 0.3) is 0 Å². The molecular weight excluding hydrogens is 439 g/mol. The lowest BCUT2D eigenvalue weighted by Crippen LogP contribution is -2.38. The second kappa shape index (κ2) is 9.08. The molecule has 0 bridgehead atoms. The summed E-state index contributed by atoms with van der Waals surface area (Å²) in [4.78, 5) is 12.8. The molecule has 8 heteroatoms. The van der Waals surface area contributed by atoms with Crippen LogP contribution in [0.4, 0.5) is 15.8 Å². The molecule has 162 valence electrons. The number of nitrogens with one attached hydrogen (secondary N) is 1. The molecule has 0 radical (unpaired) electrons. The van der Waals surface area contributed by atoms with Gasteiger partial charge in [-0.05, 0) is 74.4 Å². The van der Waals surface area contributed by atoms with Crippen LogP contribution in [0.15, 0.2) is 65.6 Å². The Kier molecular flexibility index (Phi) is 6.67. The summed E-state index contributed by atoms with van der Waals surface area (Å²) in [6.45, 7) is 5.19. The number of anilines is 2. The maximum Gasteiger partial charge on any atom is 0.264 e. The first-order chi connectivity index (χ1) is 14.6. The van der Waals surface area contributed by atoms with Crippen molar-refractivity contribution in [1.82, 2.24) is 0 Å². The lowest BCUT2D eigenvalue weighted by molar-refractivity contribution is -0.114. The first-order valence-electron chi connectivity index (χ1n) is 9.49. The fraction of sp³-hybridized carbons (Fsp3) is 0.174. The molecule has 0 atom stereocenters. The van der Waals surface area contributed by atoms with E-state index < -0.39 is 28.3 Å². The van der Waals surface area contributed by atoms with Gasteiger partial charge in [0.2, 0.25) is 5.91 Å². The number of nitrogens with zero attached hydrogens (tertiary/aromatic N) is 1. The van der Waals surface area contributed by atoms with Gasteiger partial charge in [0.25, 0.3) is 10.0 Å². The molecule has 1 N–H and O–H groups in total. The highest BCUT2D eigenvalue weighted by atomic mass is 35.5. The summed E-state index contributed by atoms with van der Waals surface area (Å²) >= 11 is 5.76. The van der Waals surface area contributed by atoms with E-state index in [1.807, 2.05) is 20.8 Å². The number of sulfonamides is 1. The van der Waals surface area contributed by atoms with Crippen LogP contribution in [0.5, 0.6) is 0 Å². The third-order valence-electron chi connectivity index (χ3n) is 4.88. The molecule has 0 aliphatic rings. The Morgan fingerprint density at radius 2 is 1.65 bits per heavy atom. The van der Waals surface area contributed by atoms with Crippen LogP contribution in [-0.4, -0.2) is 20.9 Å². The van der Waals surface area contributed by atoms with E-state index in [0.29, 0.717) is 5.69 Å². The van der Waals surface area contributed by atoms with Crippen molar-refractivity contribution in [1.29, 1.82) is 0 Å². The maximum absolute atomic E-state index is 13.4. The van der Waals surface area contributed by atoms with E-state index in [2.05, 4.69) is 5.32 Å². The highest BCUT2D eigenvalue weighted by Crippen LogP contribution is 2.26. The lowest BCUT2D eigenvalue weighted by Gasteiger charge is -2.25. The molecule has 0 saturated carbocycles. The van der Waals surface area contributed by atoms with Gasteiger partial charge in [0.15, 0.2) is 0 Å². The first-order valence-corrected chi connectivity index (χ1v) is 11.3. The summed E-state index contributed by atoms with van der Waals surface area (Å²) in [7, 11) is -4.02. The van der Waals surface area contributed by atoms with E-state index in [0.717, 1.165) is 27.1 Å². The Hall–Kier alpha value is -2.90. The first kappa shape index (κ1) is 22.8. The Balaban J connectivity index is 1.97. The molecule has 0 saturated heterocycles. The van der Waals surface area contributed by atoms with Gasteiger partial charge in [-0.25, -0.2) is 12.8 Å². The minimum atomic E-state index is -4.02. The Labute approximate surface area is 186 Å². The number of amides is 1. The van der Waals surface area contributed by atoms with Crippen molar-refractivity contribution in [3.05, 3.63) is 88.2 Å². The molecule has 31 heavy (non-hydrogen) atoms. The van der Waals surface area contributed by atoms with Gasteiger partial charge < -0.3 is 5.32 Å². The summed E-state index contributed by atoms with van der Waals surface area (Å²) in [5, 5.41) is 2.43. The third kappa shape index (κ3) is 5.24. The summed E-state index contributed by atoms with van der Waals surface area (Å²) in [6.07, 6.45) is 0. The standard InChI is InChI=1S/C23H22ClFN2O3S/c1-15-4-9-20(10-5-15)31(29,30)27(19-8-6-16(2)17(3)12-19)14-23(28)26-18-7-11-22(25)21(24)13-18/h4-13H,14H2,1-3H3,(H,26,28). The van der Waals surface area contributed by atoms with Crippen LogP contribution in [0.1, 0.15) is 16.7 Å². The molecule has 0 aliphatic carbocycles. The highest BCUT2D eigenvalue weighted by Gasteiger charge is 2.27. The van der Waals surface area contributed by atoms with E-state index in [1.54, 1.807) is 30.3 Å². The van der Waals surface area contributed by atoms with Crippen molar-refractivity contribution in [2.75, 3.05) is 16.2 Å². The van der Waals surface area contributed by atoms with Crippen molar-refractivity contribution in [2.24, 2.45) is 0 Å². The van der Waals surface area contributed by atoms with Crippen molar-refractivity contribution in [2.45, 2.75) is 25.7 Å². The van der Waals surface area contributed by atoms with Gasteiger partial charge in [-0.2, -0.15) is 0 Å². The number of carbonyl (C=O) groups is 1. The number of benzene rings is 3. The monoisotopic (exact) mass is 460 g/mol. The Morgan fingerprint density at radius 3 is 2.26 bits per heavy atom. The van der Waals surface area contributed by atoms with Crippen molar-refractivity contribution in [3.8, 4) is 0 Å². The predicted octanol–water partition coefficient (Wildman–Crippen LogP) is 5.24. The van der Waals surface area contributed by atoms with Gasteiger partial charge in [-0.15, -0.1) is 0 Å². The zero-order valence-corrected chi connectivity index (χ0v) is 18.9. The number of rotatable bonds is 6. The van der Waals surface area contributed by atoms with E-state index in [-0.39, 0.29) is 15.6 Å². The summed E-state index contributed by atoms with van der Waals surface area (Å²) in [5.74, 6) is -1.20. The number of hydrogen-bond acceptors (Lipinski definition) is 3. The zero-order chi connectivity index (χ0) is 22.8. The molecule has 0 aromatic heterocycles. The predicted molar refractivity (Wildman–Crippen MR) is 122 cm³/mol. The number of halogens is 2. The van der Waals surface area contributed by atoms with E-state index >= 15 is 0 Å². The SMILES string of the molecule is Cc1ccc(S(=O)(=O)N(CC(=O)Nc2ccc(F)c(Cl)c2)c2ccc(C)c(C)c2)cc1. The van der Waals surface area contributed by atoms with Gasteiger partial charge in [0.05, 0.1) is 15.6 Å². The van der Waals surface area contributed by atoms with Gasteiger partial charge in [0.1, 0.15) is 12.4 Å². The number of aryl methyl sites for hydroxylation is 3. The van der Waals surface area contributed by atoms with Gasteiger partial charge in [-0.1, -0.05) is 35.4 Å². The zero-order valence-electron chi connectivity index (χ0n) is 17.3. The number of carbonyl (C=O) groups excluding carboxylic acids is 1. The minimum Gasteiger partial charge on any atom is -0.324 e. The molecule has 3 rings (SSSR count). The topological polar surface area (TPSA) is 66.5 Å². The average Bonchev–Trinajstić information content (AvgIpc) is 2.71. The van der Waals surface area contributed by atoms with Crippen molar-refractivity contribution < 1.29 is 17.6 Å². The molecule has 0 spiro atoms. The van der Waals surface area contributed by atoms with E-state index in [4.69, 9.17) is 11.6 Å². The smallest absolute Gasteiger partial charge is 0.264 e. The molecule has 0 heterocycles. The lowest BCUT2D eigenvalue weighted by atomic mass is 10.1. The van der Waals surface area contributed by atoms with Crippen LogP contribution in [0, 0.1) is 26.6 Å². The van der Waals surface area contributed by atoms with Crippen molar-refractivity contribution >= 4 is 38.9 Å². The van der Waals surface area contributed by atoms with Crippen molar-refractivity contribution in [3.63, 3.8) is 0 Å². The Bertz CT molecular complexity index is 1230. The fourth-order valence-electron chi connectivity index (χ4n) is 2.94. The summed E-state index contributed by atoms with van der Waals surface area (Å²) in [5.41, 5.74) is 3.46. The molecular formula is C23H22ClFN2O3S. The fourth-order valence-corrected chi connectivity index (χ4v) is 4.53. The second-order valence-corrected chi connectivity index (χ2v) is 9.54. The van der Waals surface area contributed by atoms with E-state index in [1.165, 1.54) is 24.3 Å². The molecule has 0 unspecified atom stereocenters. The third-order valence-corrected chi connectivity index (χ3v) is 6.96. The number of hydrogen-bond donors (Lipinski definition) is 1. The summed E-state index contributed by atoms with van der Waals surface area (Å²) in [6, 6.07) is 15.4. The average molecular weight is 461 g/mol. The van der Waals surface area contributed by atoms with Gasteiger partial charge in [-0.3, -0.25) is 9.10 Å². The molecule has 0 aliphatic heterocycles. The Morgan fingerprint density at radius 1 is 0.968 bits per heavy atom. The quantitative estimate of drug-likeness (QED) is 0.547. The second-order valence-electron chi connectivity index (χ2n) is 7.27. The van der Waals surface area contributed by atoms with Crippen LogP contribution < -0.4 is 9.62 Å². The summed E-state index contributed by atoms with van der Waals surface area (Å²) < 4.78 is 41.2. The molecule has 0 fully saturated rings. The normalized spacial score (nSPS) is 11.3. The highest BCUT2D eigenvalue weighted by molar-refractivity contribution is 7.92. The largest absolute Gasteiger partial charge is 0.324 e. The van der Waals surface area contributed by atoms with Gasteiger partial charge >= 0.3 is 0 Å². The van der Waals surface area contributed by atoms with Crippen LogP contribution in [-0.2, 0) is 14.8 Å². The van der Waals surface area contributed by atoms with Crippen LogP contribution in [0.2, 0.25) is 5.02 Å². The minimum absolute atomic E-state index is 0.0777. The molecule has 3 aromatic carbocycles. The maximum atomic E-state index is 13.4.